The summed E-state index contributed by atoms with van der Waals surface area (Å²) in [6.07, 6.45) is 1.11. The standard InChI is InChI=1S/C14H20N2O3/c1-14(2,3)19-13(18)16-8-6-10-4-5-12(17)15-11(10)7-9-16/h4-5H,6-9H2,1-3H3,(H,15,17). The minimum absolute atomic E-state index is 0.0931. The Morgan fingerprint density at radius 3 is 2.63 bits per heavy atom. The summed E-state index contributed by atoms with van der Waals surface area (Å²) in [4.78, 5) is 27.9. The van der Waals surface area contributed by atoms with Crippen molar-refractivity contribution in [3.63, 3.8) is 0 Å². The molecule has 1 aromatic rings. The van der Waals surface area contributed by atoms with E-state index in [0.29, 0.717) is 19.5 Å². The number of aromatic amines is 1. The summed E-state index contributed by atoms with van der Waals surface area (Å²) in [7, 11) is 0. The van der Waals surface area contributed by atoms with Crippen LogP contribution in [0.1, 0.15) is 32.0 Å². The van der Waals surface area contributed by atoms with Crippen molar-refractivity contribution in [3.8, 4) is 0 Å². The normalized spacial score (nSPS) is 15.6. The van der Waals surface area contributed by atoms with Gasteiger partial charge in [-0.1, -0.05) is 6.07 Å². The van der Waals surface area contributed by atoms with Gasteiger partial charge in [-0.3, -0.25) is 4.79 Å². The Hall–Kier alpha value is -1.78. The number of carbonyl (C=O) groups is 1. The number of ether oxygens (including phenoxy) is 1. The summed E-state index contributed by atoms with van der Waals surface area (Å²) in [6, 6.07) is 3.37. The molecule has 1 aliphatic heterocycles. The average Bonchev–Trinajstić information content (AvgIpc) is 2.48. The highest BCUT2D eigenvalue weighted by Crippen LogP contribution is 2.15. The van der Waals surface area contributed by atoms with E-state index < -0.39 is 5.60 Å². The van der Waals surface area contributed by atoms with Gasteiger partial charge < -0.3 is 14.6 Å². The Balaban J connectivity index is 2.07. The number of pyridine rings is 1. The van der Waals surface area contributed by atoms with Crippen LogP contribution in [0.4, 0.5) is 4.79 Å². The van der Waals surface area contributed by atoms with Gasteiger partial charge in [-0.15, -0.1) is 0 Å². The second kappa shape index (κ2) is 5.07. The fourth-order valence-corrected chi connectivity index (χ4v) is 2.13. The maximum atomic E-state index is 12.0. The Morgan fingerprint density at radius 2 is 1.95 bits per heavy atom. The fraction of sp³-hybridized carbons (Fsp3) is 0.571. The molecule has 19 heavy (non-hydrogen) atoms. The quantitative estimate of drug-likeness (QED) is 0.776. The molecule has 0 atom stereocenters. The predicted molar refractivity (Wildman–Crippen MR) is 72.3 cm³/mol. The summed E-state index contributed by atoms with van der Waals surface area (Å²) in [6.45, 7) is 6.76. The van der Waals surface area contributed by atoms with Gasteiger partial charge in [0, 0.05) is 31.3 Å². The van der Waals surface area contributed by atoms with Crippen LogP contribution in [0.5, 0.6) is 0 Å². The molecule has 0 bridgehead atoms. The van der Waals surface area contributed by atoms with Crippen molar-refractivity contribution in [3.05, 3.63) is 33.7 Å². The zero-order valence-electron chi connectivity index (χ0n) is 11.7. The lowest BCUT2D eigenvalue weighted by Crippen LogP contribution is -2.38. The van der Waals surface area contributed by atoms with Crippen LogP contribution < -0.4 is 5.56 Å². The van der Waals surface area contributed by atoms with Crippen LogP contribution in [0.2, 0.25) is 0 Å². The molecule has 0 spiro atoms. The van der Waals surface area contributed by atoms with Crippen LogP contribution in [0, 0.1) is 0 Å². The van der Waals surface area contributed by atoms with E-state index in [9.17, 15) is 9.59 Å². The molecule has 2 heterocycles. The Labute approximate surface area is 112 Å². The number of fused-ring (bicyclic) bond motifs is 1. The van der Waals surface area contributed by atoms with Crippen molar-refractivity contribution in [1.82, 2.24) is 9.88 Å². The highest BCUT2D eigenvalue weighted by atomic mass is 16.6. The minimum atomic E-state index is -0.482. The van der Waals surface area contributed by atoms with Crippen molar-refractivity contribution in [2.45, 2.75) is 39.2 Å². The molecule has 0 aromatic carbocycles. The molecule has 0 aliphatic carbocycles. The van der Waals surface area contributed by atoms with Gasteiger partial charge in [0.1, 0.15) is 5.60 Å². The van der Waals surface area contributed by atoms with Crippen LogP contribution in [0.25, 0.3) is 0 Å². The van der Waals surface area contributed by atoms with Crippen LogP contribution in [-0.2, 0) is 17.6 Å². The minimum Gasteiger partial charge on any atom is -0.444 e. The summed E-state index contributed by atoms with van der Waals surface area (Å²) in [5.74, 6) is 0. The number of H-pyrrole nitrogens is 1. The number of nitrogens with one attached hydrogen (secondary N) is 1. The van der Waals surface area contributed by atoms with Gasteiger partial charge in [-0.2, -0.15) is 0 Å². The highest BCUT2D eigenvalue weighted by Gasteiger charge is 2.24. The molecule has 5 nitrogen and oxygen atoms in total. The predicted octanol–water partition coefficient (Wildman–Crippen LogP) is 1.71. The van der Waals surface area contributed by atoms with Crippen LogP contribution in [-0.4, -0.2) is 34.7 Å². The molecule has 0 unspecified atom stereocenters. The molecular formula is C14H20N2O3. The lowest BCUT2D eigenvalue weighted by atomic mass is 10.1. The maximum Gasteiger partial charge on any atom is 0.410 e. The average molecular weight is 264 g/mol. The van der Waals surface area contributed by atoms with Crippen LogP contribution in [0.3, 0.4) is 0 Å². The first-order valence-electron chi connectivity index (χ1n) is 6.54. The van der Waals surface area contributed by atoms with E-state index in [0.717, 1.165) is 17.7 Å². The summed E-state index contributed by atoms with van der Waals surface area (Å²) >= 11 is 0. The fourth-order valence-electron chi connectivity index (χ4n) is 2.13. The summed E-state index contributed by atoms with van der Waals surface area (Å²) in [5.41, 5.74) is 1.46. The summed E-state index contributed by atoms with van der Waals surface area (Å²) in [5, 5.41) is 0. The van der Waals surface area contributed by atoms with E-state index in [1.54, 1.807) is 4.90 Å². The van der Waals surface area contributed by atoms with Gasteiger partial charge in [0.25, 0.3) is 0 Å². The third-order valence-corrected chi connectivity index (χ3v) is 3.03. The van der Waals surface area contributed by atoms with E-state index in [-0.39, 0.29) is 11.7 Å². The highest BCUT2D eigenvalue weighted by molar-refractivity contribution is 5.68. The van der Waals surface area contributed by atoms with Gasteiger partial charge >= 0.3 is 6.09 Å². The van der Waals surface area contributed by atoms with E-state index >= 15 is 0 Å². The Morgan fingerprint density at radius 1 is 1.26 bits per heavy atom. The van der Waals surface area contributed by atoms with Gasteiger partial charge in [-0.05, 0) is 32.8 Å². The molecule has 5 heteroatoms. The molecule has 0 saturated carbocycles. The Kier molecular flexibility index (Phi) is 3.64. The number of carbonyl (C=O) groups excluding carboxylic acids is 1. The third kappa shape index (κ3) is 3.59. The van der Waals surface area contributed by atoms with Gasteiger partial charge in [-0.25, -0.2) is 4.79 Å². The number of rotatable bonds is 0. The molecule has 1 N–H and O–H groups in total. The third-order valence-electron chi connectivity index (χ3n) is 3.03. The molecular weight excluding hydrogens is 244 g/mol. The van der Waals surface area contributed by atoms with Gasteiger partial charge in [0.05, 0.1) is 0 Å². The lowest BCUT2D eigenvalue weighted by molar-refractivity contribution is 0.0258. The SMILES string of the molecule is CC(C)(C)OC(=O)N1CCc2ccc(=O)[nH]c2CC1. The summed E-state index contributed by atoms with van der Waals surface area (Å²) < 4.78 is 5.37. The smallest absolute Gasteiger partial charge is 0.410 e. The molecule has 0 fully saturated rings. The Bertz CT molecular complexity index is 528. The first-order valence-corrected chi connectivity index (χ1v) is 6.54. The first-order chi connectivity index (χ1) is 8.85. The van der Waals surface area contributed by atoms with E-state index in [2.05, 4.69) is 4.98 Å². The van der Waals surface area contributed by atoms with Gasteiger partial charge in [0.15, 0.2) is 0 Å². The number of nitrogens with zero attached hydrogens (tertiary/aromatic N) is 1. The molecule has 2 rings (SSSR count). The van der Waals surface area contributed by atoms with Crippen LogP contribution in [0.15, 0.2) is 16.9 Å². The zero-order valence-corrected chi connectivity index (χ0v) is 11.7. The first kappa shape index (κ1) is 13.6. The van der Waals surface area contributed by atoms with Crippen molar-refractivity contribution < 1.29 is 9.53 Å². The number of hydrogen-bond donors (Lipinski definition) is 1. The molecule has 104 valence electrons. The second-order valence-electron chi connectivity index (χ2n) is 5.79. The molecule has 1 aromatic heterocycles. The zero-order chi connectivity index (χ0) is 14.0. The van der Waals surface area contributed by atoms with Crippen molar-refractivity contribution in [1.29, 1.82) is 0 Å². The molecule has 0 radical (unpaired) electrons. The molecule has 1 aliphatic rings. The molecule has 0 saturated heterocycles. The van der Waals surface area contributed by atoms with Gasteiger partial charge in [0.2, 0.25) is 5.56 Å². The lowest BCUT2D eigenvalue weighted by Gasteiger charge is -2.26. The number of aromatic nitrogens is 1. The van der Waals surface area contributed by atoms with E-state index in [1.165, 1.54) is 6.07 Å². The van der Waals surface area contributed by atoms with Crippen molar-refractivity contribution in [2.75, 3.05) is 13.1 Å². The number of hydrogen-bond acceptors (Lipinski definition) is 3. The van der Waals surface area contributed by atoms with Crippen molar-refractivity contribution >= 4 is 6.09 Å². The van der Waals surface area contributed by atoms with E-state index in [1.807, 2.05) is 26.8 Å². The molecule has 1 amide bonds. The topological polar surface area (TPSA) is 62.4 Å². The maximum absolute atomic E-state index is 12.0. The largest absolute Gasteiger partial charge is 0.444 e. The second-order valence-corrected chi connectivity index (χ2v) is 5.79. The van der Waals surface area contributed by atoms with E-state index in [4.69, 9.17) is 4.74 Å². The van der Waals surface area contributed by atoms with Crippen LogP contribution >= 0.6 is 0 Å². The number of amides is 1. The monoisotopic (exact) mass is 264 g/mol. The van der Waals surface area contributed by atoms with Crippen molar-refractivity contribution in [2.24, 2.45) is 0 Å².